The van der Waals surface area contributed by atoms with E-state index in [1.165, 1.54) is 16.3 Å². The van der Waals surface area contributed by atoms with Gasteiger partial charge < -0.3 is 4.98 Å². The van der Waals surface area contributed by atoms with Gasteiger partial charge in [0.25, 0.3) is 0 Å². The Morgan fingerprint density at radius 1 is 1.00 bits per heavy atom. The molecule has 0 radical (unpaired) electrons. The number of benzene rings is 2. The lowest BCUT2D eigenvalue weighted by atomic mass is 10.1. The van der Waals surface area contributed by atoms with E-state index >= 15 is 0 Å². The predicted octanol–water partition coefficient (Wildman–Crippen LogP) is 4.63. The van der Waals surface area contributed by atoms with Crippen molar-refractivity contribution >= 4 is 34.3 Å². The molecule has 0 amide bonds. The molecule has 1 aromatic heterocycles. The smallest absolute Gasteiger partial charge is 0.158 e. The molecule has 0 saturated carbocycles. The molecule has 0 fully saturated rings. The lowest BCUT2D eigenvalue weighted by Crippen LogP contribution is -1.78. The summed E-state index contributed by atoms with van der Waals surface area (Å²) in [5.74, 6) is 0. The number of H-pyrrole nitrogens is 1. The molecule has 0 aliphatic carbocycles. The number of aromatic amines is 1. The first-order valence-corrected chi connectivity index (χ1v) is 6.29. The third-order valence-corrected chi connectivity index (χ3v) is 3.64. The molecule has 16 heavy (non-hydrogen) atoms. The summed E-state index contributed by atoms with van der Waals surface area (Å²) in [7, 11) is 0. The average Bonchev–Trinajstić information content (AvgIpc) is 2.75. The molecule has 0 atom stereocenters. The second-order valence-electron chi connectivity index (χ2n) is 3.62. The molecule has 3 heteroatoms. The van der Waals surface area contributed by atoms with Crippen LogP contribution < -0.4 is 0 Å². The number of nitrogens with one attached hydrogen (secondary N) is 1. The second kappa shape index (κ2) is 3.85. The Balaban J connectivity index is 2.22. The Kier molecular flexibility index (Phi) is 2.35. The van der Waals surface area contributed by atoms with E-state index in [9.17, 15) is 0 Å². The van der Waals surface area contributed by atoms with Crippen molar-refractivity contribution in [3.63, 3.8) is 0 Å². The minimum atomic E-state index is 0.822. The van der Waals surface area contributed by atoms with E-state index in [1.807, 2.05) is 0 Å². The van der Waals surface area contributed by atoms with Crippen LogP contribution in [0.15, 0.2) is 47.8 Å². The molecular weight excluding hydrogens is 234 g/mol. The average molecular weight is 243 g/mol. The van der Waals surface area contributed by atoms with Gasteiger partial charge in [0.1, 0.15) is 0 Å². The van der Waals surface area contributed by atoms with E-state index < -0.39 is 0 Å². The summed E-state index contributed by atoms with van der Waals surface area (Å²) >= 11 is 6.66. The van der Waals surface area contributed by atoms with Crippen LogP contribution >= 0.6 is 23.6 Å². The molecule has 1 N–H and O–H groups in total. The zero-order valence-electron chi connectivity index (χ0n) is 8.44. The Morgan fingerprint density at radius 3 is 2.56 bits per heavy atom. The number of thiazole rings is 1. The lowest BCUT2D eigenvalue weighted by Gasteiger charge is -2.01. The van der Waals surface area contributed by atoms with Crippen molar-refractivity contribution in [1.82, 2.24) is 4.98 Å². The molecule has 0 aliphatic heterocycles. The van der Waals surface area contributed by atoms with Crippen molar-refractivity contribution in [1.29, 1.82) is 0 Å². The Hall–Kier alpha value is -1.45. The SMILES string of the molecule is S=c1[nH]c(-c2ccc3ccccc3c2)cs1. The van der Waals surface area contributed by atoms with Crippen molar-refractivity contribution in [2.45, 2.75) is 0 Å². The molecule has 0 saturated heterocycles. The predicted molar refractivity (Wildman–Crippen MR) is 72.4 cm³/mol. The van der Waals surface area contributed by atoms with Gasteiger partial charge in [0.15, 0.2) is 3.95 Å². The van der Waals surface area contributed by atoms with Crippen molar-refractivity contribution in [3.8, 4) is 11.3 Å². The number of fused-ring (bicyclic) bond motifs is 1. The molecular formula is C13H9NS2. The van der Waals surface area contributed by atoms with Crippen LogP contribution in [0.25, 0.3) is 22.0 Å². The first-order chi connectivity index (χ1) is 7.83. The van der Waals surface area contributed by atoms with Crippen molar-refractivity contribution in [3.05, 3.63) is 51.8 Å². The van der Waals surface area contributed by atoms with Crippen molar-refractivity contribution < 1.29 is 0 Å². The second-order valence-corrected chi connectivity index (χ2v) is 5.17. The molecule has 3 aromatic rings. The van der Waals surface area contributed by atoms with Gasteiger partial charge in [-0.25, -0.2) is 0 Å². The summed E-state index contributed by atoms with van der Waals surface area (Å²) in [5.41, 5.74) is 2.28. The highest BCUT2D eigenvalue weighted by Gasteiger charge is 2.00. The van der Waals surface area contributed by atoms with Gasteiger partial charge >= 0.3 is 0 Å². The van der Waals surface area contributed by atoms with Gasteiger partial charge in [-0.15, -0.1) is 11.3 Å². The van der Waals surface area contributed by atoms with E-state index in [4.69, 9.17) is 12.2 Å². The normalized spacial score (nSPS) is 10.8. The minimum Gasteiger partial charge on any atom is -0.337 e. The Labute approximate surface area is 102 Å². The number of hydrogen-bond acceptors (Lipinski definition) is 2. The van der Waals surface area contributed by atoms with Gasteiger partial charge in [0.05, 0.1) is 5.69 Å². The van der Waals surface area contributed by atoms with Crippen LogP contribution in [0.2, 0.25) is 0 Å². The first kappa shape index (κ1) is 9.75. The maximum Gasteiger partial charge on any atom is 0.158 e. The largest absolute Gasteiger partial charge is 0.337 e. The molecule has 1 nitrogen and oxygen atoms in total. The van der Waals surface area contributed by atoms with Crippen molar-refractivity contribution in [2.75, 3.05) is 0 Å². The van der Waals surface area contributed by atoms with Crippen LogP contribution in [0.5, 0.6) is 0 Å². The van der Waals surface area contributed by atoms with E-state index in [0.29, 0.717) is 0 Å². The van der Waals surface area contributed by atoms with Crippen LogP contribution in [0.4, 0.5) is 0 Å². The third kappa shape index (κ3) is 1.68. The van der Waals surface area contributed by atoms with Crippen LogP contribution in [0, 0.1) is 3.95 Å². The first-order valence-electron chi connectivity index (χ1n) is 5.00. The van der Waals surface area contributed by atoms with Crippen LogP contribution in [-0.2, 0) is 0 Å². The van der Waals surface area contributed by atoms with E-state index in [-0.39, 0.29) is 0 Å². The van der Waals surface area contributed by atoms with E-state index in [1.54, 1.807) is 11.3 Å². The summed E-state index contributed by atoms with van der Waals surface area (Å²) in [6.45, 7) is 0. The minimum absolute atomic E-state index is 0.822. The zero-order chi connectivity index (χ0) is 11.0. The summed E-state index contributed by atoms with van der Waals surface area (Å²) in [6, 6.07) is 14.8. The molecule has 78 valence electrons. The molecule has 2 aromatic carbocycles. The molecule has 0 spiro atoms. The fourth-order valence-electron chi connectivity index (χ4n) is 1.78. The molecule has 0 unspecified atom stereocenters. The maximum atomic E-state index is 5.09. The summed E-state index contributed by atoms with van der Waals surface area (Å²) in [5, 5.41) is 4.58. The summed E-state index contributed by atoms with van der Waals surface area (Å²) in [4.78, 5) is 3.19. The fraction of sp³-hybridized carbons (Fsp3) is 0. The third-order valence-electron chi connectivity index (χ3n) is 2.58. The van der Waals surface area contributed by atoms with Crippen LogP contribution in [0.3, 0.4) is 0 Å². The zero-order valence-corrected chi connectivity index (χ0v) is 10.1. The van der Waals surface area contributed by atoms with E-state index in [0.717, 1.165) is 9.65 Å². The summed E-state index contributed by atoms with van der Waals surface area (Å²) in [6.07, 6.45) is 0. The van der Waals surface area contributed by atoms with Gasteiger partial charge in [0.2, 0.25) is 0 Å². The summed E-state index contributed by atoms with van der Waals surface area (Å²) < 4.78 is 0.822. The number of aromatic nitrogens is 1. The van der Waals surface area contributed by atoms with Gasteiger partial charge in [-0.2, -0.15) is 0 Å². The quantitative estimate of drug-likeness (QED) is 0.616. The van der Waals surface area contributed by atoms with Gasteiger partial charge in [-0.05, 0) is 34.6 Å². The highest BCUT2D eigenvalue weighted by Crippen LogP contribution is 2.24. The standard InChI is InChI=1S/C13H9NS2/c15-13-14-12(8-16-13)11-6-5-9-3-1-2-4-10(9)7-11/h1-8H,(H,14,15). The van der Waals surface area contributed by atoms with Gasteiger partial charge in [-0.1, -0.05) is 36.4 Å². The highest BCUT2D eigenvalue weighted by molar-refractivity contribution is 7.73. The van der Waals surface area contributed by atoms with Crippen LogP contribution in [-0.4, -0.2) is 4.98 Å². The lowest BCUT2D eigenvalue weighted by molar-refractivity contribution is 1.39. The highest BCUT2D eigenvalue weighted by atomic mass is 32.1. The number of rotatable bonds is 1. The van der Waals surface area contributed by atoms with Crippen LogP contribution in [0.1, 0.15) is 0 Å². The maximum absolute atomic E-state index is 5.09. The molecule has 0 aliphatic rings. The number of hydrogen-bond donors (Lipinski definition) is 1. The Bertz CT molecular complexity index is 694. The van der Waals surface area contributed by atoms with Gasteiger partial charge in [-0.3, -0.25) is 0 Å². The van der Waals surface area contributed by atoms with E-state index in [2.05, 4.69) is 52.8 Å². The topological polar surface area (TPSA) is 15.8 Å². The molecule has 0 bridgehead atoms. The molecule has 1 heterocycles. The van der Waals surface area contributed by atoms with Gasteiger partial charge in [0, 0.05) is 5.38 Å². The molecule has 3 rings (SSSR count). The monoisotopic (exact) mass is 243 g/mol. The van der Waals surface area contributed by atoms with Crippen molar-refractivity contribution in [2.24, 2.45) is 0 Å². The Morgan fingerprint density at radius 2 is 1.81 bits per heavy atom. The fourth-order valence-corrected chi connectivity index (χ4v) is 2.62.